The minimum absolute atomic E-state index is 0.00118. The number of fused-ring (bicyclic) bond motifs is 9. The van der Waals surface area contributed by atoms with Crippen LogP contribution >= 0.6 is 0 Å². The van der Waals surface area contributed by atoms with E-state index in [1.54, 1.807) is 93.3 Å². The van der Waals surface area contributed by atoms with Crippen molar-refractivity contribution in [2.24, 2.45) is 69.3 Å². The number of aliphatic hydroxyl groups excluding tert-OH is 6. The van der Waals surface area contributed by atoms with E-state index in [1.807, 2.05) is 64.0 Å². The Morgan fingerprint density at radius 2 is 0.803 bits per heavy atom. The summed E-state index contributed by atoms with van der Waals surface area (Å²) in [5.41, 5.74) is 16.6. The summed E-state index contributed by atoms with van der Waals surface area (Å²) >= 11 is 0. The van der Waals surface area contributed by atoms with Crippen molar-refractivity contribution in [3.8, 4) is 17.2 Å². The zero-order chi connectivity index (χ0) is 98.6. The third-order valence-corrected chi connectivity index (χ3v) is 26.7. The highest BCUT2D eigenvalue weighted by Gasteiger charge is 2.68. The molecule has 21 N–H and O–H groups in total. The molecule has 0 aliphatic heterocycles. The van der Waals surface area contributed by atoms with Gasteiger partial charge in [-0.15, -0.1) is 0 Å². The number of hydrogen-bond donors (Lipinski definition) is 17. The number of benzene rings is 4. The van der Waals surface area contributed by atoms with Gasteiger partial charge in [0.05, 0.1) is 41.4 Å². The fourth-order valence-electron chi connectivity index (χ4n) is 20.7. The molecule has 13 rings (SSSR count). The van der Waals surface area contributed by atoms with Crippen LogP contribution < -0.4 is 38.1 Å². The van der Waals surface area contributed by atoms with E-state index in [1.165, 1.54) is 26.3 Å². The van der Waals surface area contributed by atoms with Crippen molar-refractivity contribution >= 4 is 98.7 Å². The fraction of sp³-hybridized carbons (Fsp3) is 0.505. The Hall–Kier alpha value is -12.1. The number of Topliss-reactive ketones (excluding diaryl/α,β-unsaturated/α-hetero) is 7. The minimum atomic E-state index is -2.71. The normalized spacial score (nSPS) is 25.1. The number of ketones is 7. The first-order valence-electron chi connectivity index (χ1n) is 43.8. The molecule has 9 aliphatic rings. The van der Waals surface area contributed by atoms with Gasteiger partial charge in [-0.3, -0.25) is 72.2 Å². The zero-order valence-corrected chi connectivity index (χ0v) is 77.8. The van der Waals surface area contributed by atoms with Crippen molar-refractivity contribution in [3.05, 3.63) is 160 Å². The fourth-order valence-corrected chi connectivity index (χ4v) is 20.7. The number of anilines is 2. The maximum Gasteiger partial charge on any atom is 0.306 e. The van der Waals surface area contributed by atoms with Crippen molar-refractivity contribution in [1.29, 1.82) is 0 Å². The van der Waals surface area contributed by atoms with Gasteiger partial charge in [-0.2, -0.15) is 0 Å². The molecule has 35 heteroatoms. The predicted molar refractivity (Wildman–Crippen MR) is 486 cm³/mol. The number of nitrogens with zero attached hydrogens (tertiary/aromatic N) is 5. The molecular formula is C97H124N10O25. The molecule has 0 saturated heterocycles. The van der Waals surface area contributed by atoms with Gasteiger partial charge in [-0.1, -0.05) is 71.9 Å². The lowest BCUT2D eigenvalue weighted by atomic mass is 9.57. The average molecular weight is 1830 g/mol. The number of esters is 1. The molecule has 4 aromatic carbocycles. The van der Waals surface area contributed by atoms with Gasteiger partial charge in [-0.25, -0.2) is 0 Å². The first kappa shape index (κ1) is 100. The number of phenolic OH excluding ortho intramolecular Hbond substituents is 3. The molecule has 712 valence electrons. The number of aryl methyl sites for hydroxylation is 3. The third-order valence-electron chi connectivity index (χ3n) is 26.7. The monoisotopic (exact) mass is 1830 g/mol. The molecule has 3 fully saturated rings. The van der Waals surface area contributed by atoms with E-state index in [0.29, 0.717) is 44.8 Å². The summed E-state index contributed by atoms with van der Waals surface area (Å²) in [6.07, 6.45) is 2.40. The zero-order valence-electron chi connectivity index (χ0n) is 77.8. The van der Waals surface area contributed by atoms with Gasteiger partial charge in [0.25, 0.3) is 17.7 Å². The van der Waals surface area contributed by atoms with Crippen molar-refractivity contribution < 1.29 is 124 Å². The van der Waals surface area contributed by atoms with Gasteiger partial charge in [0, 0.05) is 112 Å². The average Bonchev–Trinajstić information content (AvgIpc) is 0.704. The van der Waals surface area contributed by atoms with Crippen LogP contribution in [0.3, 0.4) is 0 Å². The molecule has 0 bridgehead atoms. The Morgan fingerprint density at radius 3 is 1.14 bits per heavy atom. The second kappa shape index (κ2) is 36.8. The van der Waals surface area contributed by atoms with Crippen LogP contribution in [0.15, 0.2) is 99.2 Å². The van der Waals surface area contributed by atoms with Crippen LogP contribution in [0.1, 0.15) is 155 Å². The Bertz CT molecular complexity index is 5730. The third kappa shape index (κ3) is 18.3. The second-order valence-corrected chi connectivity index (χ2v) is 40.5. The van der Waals surface area contributed by atoms with Gasteiger partial charge >= 0.3 is 5.97 Å². The maximum absolute atomic E-state index is 14.2. The topological polar surface area (TPSA) is 589 Å². The number of hydrogen-bond acceptors (Lipinski definition) is 31. The van der Waals surface area contributed by atoms with Crippen molar-refractivity contribution in [3.63, 3.8) is 0 Å². The summed E-state index contributed by atoms with van der Waals surface area (Å²) in [5, 5.41) is 139. The number of phenols is 3. The molecular weight excluding hydrogens is 1710 g/mol. The SMILES string of the molecule is CN(C)[C@H]1C(=O)C(C(N)=O)=C(O)[C@@]2(O)C(=O)C3=C(O)c4c(O)ccc(CCC(=O)OCC(C)(C)C)c4C[C@H]3C[C@@H]12.CN(C)c1cc(CCC(=O)Cc2ccc(CC(C)(C)C)cc2)c(O)c2c1C[C@H]1C[C@H]3[C@@H](N(C)C)C(=O)C(C(N)=O)=C(O)[C@@]3(O)C(=O)C1=C2O.CN(C)c1cc(CCC(=O)NCC(C)(C)N)c(O)c2c1C[C@H]1C[C@H]3[C@@H](N(C)C)C(=O)C(C(N)=O)=C(O)[C@@]3(O)C(=O)C1=C2O. The lowest BCUT2D eigenvalue weighted by Gasteiger charge is -2.50. The summed E-state index contributed by atoms with van der Waals surface area (Å²) in [6, 6.07) is 11.0. The highest BCUT2D eigenvalue weighted by molar-refractivity contribution is 6.27. The molecule has 0 spiro atoms. The standard InChI is InChI=1S/C38H47N3O8.C30H41N5O8.C29H36N2O9/c1-37(2,3)18-20-10-8-19(9-11-20)14-23(42)13-12-21-17-26(40(4)5)24-15-22-16-25-30(41(6)7)33(45)29(36(39)48)35(47)38(25,49)34(46)27(22)32(44)28(24)31(21)43;1-29(2,32)12-33-18(36)8-7-13-11-17(34(3)4)15-9-14-10-16-22(35(5)6)25(39)21(28(31)42)27(41)30(16,43)26(40)19(14)24(38)20(15)23(13)37;1-28(2,3)12-40-18(33)9-7-13-6-8-17(32)20-15(13)10-14-11-16-22(31(4)5)24(35)21(27(30)38)26(37)29(16,39)25(36)19(14)23(20)34/h8-11,17,22,25,30,43-44,47,49H,12-16,18H2,1-7H3,(H2,39,48);11,14,16,22,37-38,41,43H,7-10,12,32H2,1-6H3,(H2,31,42)(H,33,36);6,8,14,16,22,32,34,37,39H,7,9-12H2,1-5H3,(H2,30,38)/t22-,25-,30+,38-;14-,16-,22+,30-;14-,16-,22+,29-/m000/s1. The van der Waals surface area contributed by atoms with E-state index < -0.39 is 186 Å². The van der Waals surface area contributed by atoms with Gasteiger partial charge < -0.3 is 104 Å². The van der Waals surface area contributed by atoms with E-state index >= 15 is 0 Å². The molecule has 0 radical (unpaired) electrons. The number of primary amides is 3. The summed E-state index contributed by atoms with van der Waals surface area (Å²) < 4.78 is 5.35. The van der Waals surface area contributed by atoms with Gasteiger partial charge in [0.1, 0.15) is 74.3 Å². The van der Waals surface area contributed by atoms with Gasteiger partial charge in [0.2, 0.25) is 23.3 Å². The number of aromatic hydroxyl groups is 3. The Balaban J connectivity index is 0.000000192. The Labute approximate surface area is 764 Å². The van der Waals surface area contributed by atoms with E-state index in [9.17, 15) is 119 Å². The molecule has 132 heavy (non-hydrogen) atoms. The number of nitrogens with two attached hydrogens (primary N) is 4. The smallest absolute Gasteiger partial charge is 0.306 e. The number of nitrogens with one attached hydrogen (secondary N) is 1. The summed E-state index contributed by atoms with van der Waals surface area (Å²) in [7, 11) is 16.5. The quantitative estimate of drug-likeness (QED) is 0.0354. The van der Waals surface area contributed by atoms with Gasteiger partial charge in [0.15, 0.2) is 34.2 Å². The van der Waals surface area contributed by atoms with Crippen molar-refractivity contribution in [2.75, 3.05) is 93.4 Å². The predicted octanol–water partition coefficient (Wildman–Crippen LogP) is 4.67. The lowest BCUT2D eigenvalue weighted by Crippen LogP contribution is -2.65. The number of rotatable bonds is 23. The first-order chi connectivity index (χ1) is 61.1. The molecule has 3 saturated carbocycles. The van der Waals surface area contributed by atoms with Crippen LogP contribution in [0, 0.1) is 46.3 Å². The van der Waals surface area contributed by atoms with Crippen LogP contribution in [0.4, 0.5) is 11.4 Å². The van der Waals surface area contributed by atoms with Crippen LogP contribution in [-0.4, -0.2) is 270 Å². The molecule has 12 atom stereocenters. The molecule has 0 heterocycles. The Morgan fingerprint density at radius 1 is 0.455 bits per heavy atom. The van der Waals surface area contributed by atoms with E-state index in [0.717, 1.165) is 12.0 Å². The van der Waals surface area contributed by atoms with Crippen molar-refractivity contribution in [2.45, 2.75) is 186 Å². The number of carbonyl (C=O) groups is 12. The molecule has 0 aromatic heterocycles. The Kier molecular flexibility index (Phi) is 28.0. The molecule has 9 aliphatic carbocycles. The van der Waals surface area contributed by atoms with Gasteiger partial charge in [-0.05, 0) is 212 Å². The highest BCUT2D eigenvalue weighted by atomic mass is 16.5. The van der Waals surface area contributed by atoms with Crippen LogP contribution in [0.25, 0.3) is 17.3 Å². The molecule has 35 nitrogen and oxygen atoms in total. The second-order valence-electron chi connectivity index (χ2n) is 40.5. The maximum atomic E-state index is 14.2. The first-order valence-corrected chi connectivity index (χ1v) is 43.8. The number of likely N-dealkylation sites (N-methyl/N-ethyl adjacent to an activating group) is 3. The van der Waals surface area contributed by atoms with E-state index in [2.05, 4.69) is 26.1 Å². The number of aliphatic hydroxyl groups is 9. The number of ether oxygens (including phenoxy) is 1. The molecule has 0 unspecified atom stereocenters. The van der Waals surface area contributed by atoms with Crippen LogP contribution in [0.2, 0.25) is 0 Å². The lowest BCUT2D eigenvalue weighted by molar-refractivity contribution is -0.155. The number of carbonyl (C=O) groups excluding carboxylic acids is 12. The van der Waals surface area contributed by atoms with Crippen LogP contribution in [-0.2, 0) is 114 Å². The summed E-state index contributed by atoms with van der Waals surface area (Å²) in [4.78, 5) is 164. The largest absolute Gasteiger partial charge is 0.508 e. The summed E-state index contributed by atoms with van der Waals surface area (Å²) in [5.74, 6) is -21.7. The summed E-state index contributed by atoms with van der Waals surface area (Å²) in [6.45, 7) is 16.4. The number of amides is 4. The molecule has 4 amide bonds. The van der Waals surface area contributed by atoms with E-state index in [4.69, 9.17) is 27.7 Å². The van der Waals surface area contributed by atoms with E-state index in [-0.39, 0.29) is 170 Å². The van der Waals surface area contributed by atoms with Crippen molar-refractivity contribution in [1.82, 2.24) is 20.0 Å². The minimum Gasteiger partial charge on any atom is -0.508 e. The molecule has 4 aromatic rings. The highest BCUT2D eigenvalue weighted by Crippen LogP contribution is 2.59. The van der Waals surface area contributed by atoms with Crippen LogP contribution in [0.5, 0.6) is 17.2 Å².